The average Bonchev–Trinajstić information content (AvgIpc) is 3.01. The fourth-order valence-electron chi connectivity index (χ4n) is 2.54. The molecule has 1 aromatic heterocycles. The molecule has 1 fully saturated rings. The summed E-state index contributed by atoms with van der Waals surface area (Å²) in [6.07, 6.45) is 0.563. The minimum absolute atomic E-state index is 0.107. The van der Waals surface area contributed by atoms with Crippen LogP contribution in [0.3, 0.4) is 0 Å². The molecule has 2 heterocycles. The fourth-order valence-corrected chi connectivity index (χ4v) is 2.54. The molecule has 1 aliphatic rings. The Labute approximate surface area is 120 Å². The number of halogens is 3. The average molecular weight is 293 g/mol. The van der Waals surface area contributed by atoms with Gasteiger partial charge in [0.25, 0.3) is 0 Å². The topological polar surface area (TPSA) is 37.8 Å². The van der Waals surface area contributed by atoms with Crippen LogP contribution in [0.15, 0.2) is 36.7 Å². The van der Waals surface area contributed by atoms with Gasteiger partial charge in [0, 0.05) is 18.0 Å². The molecule has 0 bridgehead atoms. The number of hydrogen-bond acceptors (Lipinski definition) is 3. The molecule has 0 amide bonds. The Morgan fingerprint density at radius 3 is 2.43 bits per heavy atom. The zero-order chi connectivity index (χ0) is 14.9. The molecule has 1 saturated heterocycles. The maximum atomic E-state index is 13.0. The summed E-state index contributed by atoms with van der Waals surface area (Å²) in [6, 6.07) is 5.58. The summed E-state index contributed by atoms with van der Waals surface area (Å²) < 4.78 is 39.0. The molecule has 0 saturated carbocycles. The summed E-state index contributed by atoms with van der Waals surface area (Å²) in [6.45, 7) is 0.923. The highest BCUT2D eigenvalue weighted by Crippen LogP contribution is 2.36. The van der Waals surface area contributed by atoms with E-state index in [0.717, 1.165) is 25.5 Å². The zero-order valence-corrected chi connectivity index (χ0v) is 11.2. The van der Waals surface area contributed by atoms with Crippen LogP contribution >= 0.6 is 0 Å². The smallest absolute Gasteiger partial charge is 0.307 e. The molecule has 110 valence electrons. The fraction of sp³-hybridized carbons (Fsp3) is 0.333. The molecule has 1 unspecified atom stereocenters. The first-order valence-corrected chi connectivity index (χ1v) is 6.77. The quantitative estimate of drug-likeness (QED) is 0.919. The highest BCUT2D eigenvalue weighted by Gasteiger charge is 2.33. The molecule has 1 aromatic carbocycles. The summed E-state index contributed by atoms with van der Waals surface area (Å²) in [5.41, 5.74) is -0.180. The second kappa shape index (κ2) is 5.44. The summed E-state index contributed by atoms with van der Waals surface area (Å²) in [5, 5.41) is 3.26. The number of rotatable bonds is 2. The van der Waals surface area contributed by atoms with E-state index in [4.69, 9.17) is 0 Å². The second-order valence-electron chi connectivity index (χ2n) is 5.02. The van der Waals surface area contributed by atoms with E-state index in [0.29, 0.717) is 11.4 Å². The van der Waals surface area contributed by atoms with Gasteiger partial charge < -0.3 is 5.32 Å². The molecule has 2 aromatic rings. The molecule has 0 aliphatic carbocycles. The number of hydrogen-bond donors (Lipinski definition) is 1. The zero-order valence-electron chi connectivity index (χ0n) is 11.2. The van der Waals surface area contributed by atoms with Crippen molar-refractivity contribution in [2.24, 2.45) is 0 Å². The number of nitrogens with one attached hydrogen (secondary N) is 1. The lowest BCUT2D eigenvalue weighted by Crippen LogP contribution is -2.15. The van der Waals surface area contributed by atoms with Crippen LogP contribution in [0.25, 0.3) is 11.1 Å². The summed E-state index contributed by atoms with van der Waals surface area (Å²) in [7, 11) is 0. The second-order valence-corrected chi connectivity index (χ2v) is 5.02. The van der Waals surface area contributed by atoms with E-state index in [2.05, 4.69) is 15.3 Å². The van der Waals surface area contributed by atoms with Crippen molar-refractivity contribution < 1.29 is 13.2 Å². The third kappa shape index (κ3) is 2.90. The van der Waals surface area contributed by atoms with Gasteiger partial charge in [0.15, 0.2) is 0 Å². The maximum Gasteiger partial charge on any atom is 0.417 e. The summed E-state index contributed by atoms with van der Waals surface area (Å²) >= 11 is 0. The van der Waals surface area contributed by atoms with Crippen molar-refractivity contribution in [3.63, 3.8) is 0 Å². The Bertz CT molecular complexity index is 617. The van der Waals surface area contributed by atoms with Crippen molar-refractivity contribution >= 4 is 0 Å². The first-order valence-electron chi connectivity index (χ1n) is 6.77. The minimum atomic E-state index is -4.39. The van der Waals surface area contributed by atoms with E-state index in [1.165, 1.54) is 24.5 Å². The summed E-state index contributed by atoms with van der Waals surface area (Å²) in [5.74, 6) is 0.640. The molecule has 3 nitrogen and oxygen atoms in total. The molecular weight excluding hydrogens is 279 g/mol. The Morgan fingerprint density at radius 1 is 1.10 bits per heavy atom. The van der Waals surface area contributed by atoms with Crippen LogP contribution < -0.4 is 5.32 Å². The van der Waals surface area contributed by atoms with Gasteiger partial charge in [0.2, 0.25) is 0 Å². The van der Waals surface area contributed by atoms with Crippen LogP contribution in [0.5, 0.6) is 0 Å². The van der Waals surface area contributed by atoms with Crippen molar-refractivity contribution in [3.8, 4) is 11.1 Å². The van der Waals surface area contributed by atoms with Crippen LogP contribution in [0, 0.1) is 0 Å². The van der Waals surface area contributed by atoms with E-state index in [1.807, 2.05) is 0 Å². The van der Waals surface area contributed by atoms with Crippen LogP contribution in [0.4, 0.5) is 13.2 Å². The Kier molecular flexibility index (Phi) is 3.63. The monoisotopic (exact) mass is 293 g/mol. The van der Waals surface area contributed by atoms with Crippen LogP contribution in [0.2, 0.25) is 0 Å². The highest BCUT2D eigenvalue weighted by atomic mass is 19.4. The highest BCUT2D eigenvalue weighted by molar-refractivity contribution is 5.66. The van der Waals surface area contributed by atoms with Crippen molar-refractivity contribution in [1.29, 1.82) is 0 Å². The molecule has 0 radical (unpaired) electrons. The van der Waals surface area contributed by atoms with Crippen molar-refractivity contribution in [1.82, 2.24) is 15.3 Å². The number of benzene rings is 1. The van der Waals surface area contributed by atoms with Gasteiger partial charge in [-0.05, 0) is 31.0 Å². The standard InChI is InChI=1S/C15H14F3N3/c16-15(17,18)12-5-2-1-4-11(12)10-8-20-14(21-9-10)13-6-3-7-19-13/h1-2,4-5,8-9,13,19H,3,6-7H2. The van der Waals surface area contributed by atoms with Gasteiger partial charge >= 0.3 is 6.18 Å². The Balaban J connectivity index is 1.94. The SMILES string of the molecule is FC(F)(F)c1ccccc1-c1cnc(C2CCCN2)nc1. The van der Waals surface area contributed by atoms with Crippen molar-refractivity contribution in [2.75, 3.05) is 6.54 Å². The van der Waals surface area contributed by atoms with Crippen molar-refractivity contribution in [3.05, 3.63) is 48.0 Å². The largest absolute Gasteiger partial charge is 0.417 e. The van der Waals surface area contributed by atoms with E-state index in [9.17, 15) is 13.2 Å². The lowest BCUT2D eigenvalue weighted by Gasteiger charge is -2.13. The normalized spacial score (nSPS) is 18.9. The molecule has 21 heavy (non-hydrogen) atoms. The molecular formula is C15H14F3N3. The lowest BCUT2D eigenvalue weighted by atomic mass is 10.0. The lowest BCUT2D eigenvalue weighted by molar-refractivity contribution is -0.137. The molecule has 1 N–H and O–H groups in total. The number of aromatic nitrogens is 2. The van der Waals surface area contributed by atoms with Gasteiger partial charge in [0.05, 0.1) is 11.6 Å². The molecule has 1 atom stereocenters. The van der Waals surface area contributed by atoms with Gasteiger partial charge in [-0.2, -0.15) is 13.2 Å². The first-order chi connectivity index (χ1) is 10.1. The Hall–Kier alpha value is -1.95. The molecule has 1 aliphatic heterocycles. The van der Waals surface area contributed by atoms with E-state index >= 15 is 0 Å². The number of nitrogens with zero attached hydrogens (tertiary/aromatic N) is 2. The predicted octanol–water partition coefficient (Wildman–Crippen LogP) is 3.59. The van der Waals surface area contributed by atoms with E-state index < -0.39 is 11.7 Å². The third-order valence-electron chi connectivity index (χ3n) is 3.59. The first kappa shape index (κ1) is 14.0. The van der Waals surface area contributed by atoms with Gasteiger partial charge in [0.1, 0.15) is 5.82 Å². The van der Waals surface area contributed by atoms with E-state index in [-0.39, 0.29) is 11.6 Å². The van der Waals surface area contributed by atoms with Gasteiger partial charge in [-0.1, -0.05) is 18.2 Å². The van der Waals surface area contributed by atoms with Gasteiger partial charge in [-0.15, -0.1) is 0 Å². The molecule has 3 rings (SSSR count). The van der Waals surface area contributed by atoms with Crippen LogP contribution in [0.1, 0.15) is 30.3 Å². The number of alkyl halides is 3. The van der Waals surface area contributed by atoms with Gasteiger partial charge in [-0.3, -0.25) is 0 Å². The predicted molar refractivity (Wildman–Crippen MR) is 72.4 cm³/mol. The molecule has 0 spiro atoms. The minimum Gasteiger partial charge on any atom is -0.307 e. The van der Waals surface area contributed by atoms with Crippen molar-refractivity contribution in [2.45, 2.75) is 25.1 Å². The van der Waals surface area contributed by atoms with Crippen LogP contribution in [-0.4, -0.2) is 16.5 Å². The van der Waals surface area contributed by atoms with E-state index in [1.54, 1.807) is 6.07 Å². The summed E-state index contributed by atoms with van der Waals surface area (Å²) in [4.78, 5) is 8.44. The van der Waals surface area contributed by atoms with Gasteiger partial charge in [-0.25, -0.2) is 9.97 Å². The molecule has 6 heteroatoms. The third-order valence-corrected chi connectivity index (χ3v) is 3.59. The maximum absolute atomic E-state index is 13.0. The van der Waals surface area contributed by atoms with Crippen LogP contribution in [-0.2, 0) is 6.18 Å². The Morgan fingerprint density at radius 2 is 1.81 bits per heavy atom.